The molecule has 0 saturated heterocycles. The van der Waals surface area contributed by atoms with E-state index in [4.69, 9.17) is 5.10 Å². The van der Waals surface area contributed by atoms with E-state index in [1.807, 2.05) is 0 Å². The topological polar surface area (TPSA) is 21.7 Å². The Labute approximate surface area is 127 Å². The Morgan fingerprint density at radius 2 is 1.90 bits per heavy atom. The minimum absolute atomic E-state index is 0.625. The van der Waals surface area contributed by atoms with Gasteiger partial charge >= 0.3 is 0 Å². The van der Waals surface area contributed by atoms with Crippen molar-refractivity contribution in [1.82, 2.24) is 9.78 Å². The number of fused-ring (bicyclic) bond motifs is 1. The van der Waals surface area contributed by atoms with E-state index in [1.54, 1.807) is 0 Å². The zero-order valence-corrected chi connectivity index (χ0v) is 13.8. The highest BCUT2D eigenvalue weighted by Gasteiger charge is 2.32. The molecule has 0 amide bonds. The average molecular weight is 284 g/mol. The molecule has 21 heavy (non-hydrogen) atoms. The third-order valence-corrected chi connectivity index (χ3v) is 4.46. The van der Waals surface area contributed by atoms with Crippen LogP contribution in [-0.2, 0) is 6.42 Å². The molecule has 1 aromatic carbocycles. The van der Waals surface area contributed by atoms with Crippen LogP contribution in [0.15, 0.2) is 18.5 Å². The molecule has 1 atom stereocenters. The first kappa shape index (κ1) is 14.3. The summed E-state index contributed by atoms with van der Waals surface area (Å²) in [6, 6.07) is 5.11. The fourth-order valence-corrected chi connectivity index (χ4v) is 3.72. The first-order valence-electron chi connectivity index (χ1n) is 8.03. The molecule has 0 saturated carbocycles. The highest BCUT2D eigenvalue weighted by Crippen LogP contribution is 2.25. The normalized spacial score (nSPS) is 17.5. The first-order chi connectivity index (χ1) is 9.95. The van der Waals surface area contributed by atoms with Crippen molar-refractivity contribution in [2.24, 2.45) is 5.92 Å². The number of rotatable bonds is 3. The highest BCUT2D eigenvalue weighted by molar-refractivity contribution is 5.48. The zero-order chi connectivity index (χ0) is 15.1. The van der Waals surface area contributed by atoms with Gasteiger partial charge in [0, 0.05) is 11.5 Å². The molecule has 2 heterocycles. The van der Waals surface area contributed by atoms with E-state index in [9.17, 15) is 0 Å². The molecular weight excluding hydrogens is 258 g/mol. The van der Waals surface area contributed by atoms with Gasteiger partial charge in [-0.15, -0.1) is 0 Å². The summed E-state index contributed by atoms with van der Waals surface area (Å²) in [4.78, 5) is 0. The second-order valence-electron chi connectivity index (χ2n) is 6.95. The zero-order valence-electron chi connectivity index (χ0n) is 13.8. The maximum Gasteiger partial charge on any atom is 0.278 e. The summed E-state index contributed by atoms with van der Waals surface area (Å²) in [6.07, 6.45) is 5.80. The van der Waals surface area contributed by atoms with Gasteiger partial charge in [-0.25, -0.2) is 4.57 Å². The van der Waals surface area contributed by atoms with Crippen LogP contribution in [0.3, 0.4) is 0 Å². The van der Waals surface area contributed by atoms with Crippen LogP contribution in [0.4, 0.5) is 0 Å². The Kier molecular flexibility index (Phi) is 3.60. The van der Waals surface area contributed by atoms with E-state index in [0.29, 0.717) is 6.04 Å². The summed E-state index contributed by atoms with van der Waals surface area (Å²) in [5, 5.41) is 4.85. The highest BCUT2D eigenvalue weighted by atomic mass is 15.4. The van der Waals surface area contributed by atoms with Crippen molar-refractivity contribution >= 4 is 0 Å². The molecule has 0 unspecified atom stereocenters. The van der Waals surface area contributed by atoms with Gasteiger partial charge in [0.15, 0.2) is 0 Å². The summed E-state index contributed by atoms with van der Waals surface area (Å²) >= 11 is 0. The predicted octanol–water partition coefficient (Wildman–Crippen LogP) is 3.62. The monoisotopic (exact) mass is 284 g/mol. The molecule has 0 N–H and O–H groups in total. The van der Waals surface area contributed by atoms with Gasteiger partial charge < -0.3 is 0 Å². The lowest BCUT2D eigenvalue weighted by molar-refractivity contribution is -0.718. The van der Waals surface area contributed by atoms with Crippen molar-refractivity contribution in [3.05, 3.63) is 41.0 Å². The van der Waals surface area contributed by atoms with E-state index < -0.39 is 0 Å². The van der Waals surface area contributed by atoms with E-state index >= 15 is 0 Å². The molecule has 2 aromatic rings. The van der Waals surface area contributed by atoms with Gasteiger partial charge in [0.2, 0.25) is 6.33 Å². The molecule has 1 aliphatic heterocycles. The number of nitrogens with zero attached hydrogens (tertiary/aromatic N) is 3. The number of hydrogen-bond acceptors (Lipinski definition) is 1. The minimum atomic E-state index is 0.625. The maximum absolute atomic E-state index is 4.85. The minimum Gasteiger partial charge on any atom is -0.231 e. The number of aryl methyl sites for hydroxylation is 4. The second-order valence-corrected chi connectivity index (χ2v) is 6.95. The van der Waals surface area contributed by atoms with Crippen LogP contribution < -0.4 is 4.57 Å². The molecule has 0 aliphatic carbocycles. The average Bonchev–Trinajstić information content (AvgIpc) is 2.90. The standard InChI is InChI=1S/C18H26N3/c1-12(2)8-16-6-7-17-19-21(11-20(16)17)18-14(4)9-13(3)10-15(18)5/h9-12,16H,6-8H2,1-5H3/q+1/t16-/m1/s1. The quantitative estimate of drug-likeness (QED) is 0.789. The van der Waals surface area contributed by atoms with Gasteiger partial charge in [-0.05, 0) is 50.7 Å². The predicted molar refractivity (Wildman–Crippen MR) is 84.8 cm³/mol. The Morgan fingerprint density at radius 3 is 2.52 bits per heavy atom. The van der Waals surface area contributed by atoms with Crippen LogP contribution in [0.2, 0.25) is 0 Å². The fourth-order valence-electron chi connectivity index (χ4n) is 3.72. The molecule has 3 nitrogen and oxygen atoms in total. The molecular formula is C18H26N3+. The molecule has 0 spiro atoms. The van der Waals surface area contributed by atoms with Crippen molar-refractivity contribution in [2.45, 2.75) is 59.9 Å². The van der Waals surface area contributed by atoms with E-state index in [-0.39, 0.29) is 0 Å². The number of hydrogen-bond donors (Lipinski definition) is 0. The molecule has 3 heteroatoms. The van der Waals surface area contributed by atoms with Gasteiger partial charge in [0.25, 0.3) is 5.82 Å². The van der Waals surface area contributed by atoms with Crippen molar-refractivity contribution in [2.75, 3.05) is 0 Å². The van der Waals surface area contributed by atoms with Crippen molar-refractivity contribution in [3.8, 4) is 5.69 Å². The lowest BCUT2D eigenvalue weighted by Crippen LogP contribution is -2.36. The van der Waals surface area contributed by atoms with E-state index in [0.717, 1.165) is 12.3 Å². The van der Waals surface area contributed by atoms with E-state index in [1.165, 1.54) is 41.0 Å². The van der Waals surface area contributed by atoms with E-state index in [2.05, 4.69) is 62.3 Å². The fraction of sp³-hybridized carbons (Fsp3) is 0.556. The SMILES string of the molecule is Cc1cc(C)c(-n2c[n+]3c(n2)CC[C@@H]3CC(C)C)c(C)c1. The number of benzene rings is 1. The third kappa shape index (κ3) is 2.61. The van der Waals surface area contributed by atoms with Gasteiger partial charge in [-0.3, -0.25) is 0 Å². The Bertz CT molecular complexity index is 644. The summed E-state index contributed by atoms with van der Waals surface area (Å²) in [7, 11) is 0. The molecule has 0 fully saturated rings. The molecule has 0 radical (unpaired) electrons. The molecule has 0 bridgehead atoms. The third-order valence-electron chi connectivity index (χ3n) is 4.46. The second kappa shape index (κ2) is 5.28. The largest absolute Gasteiger partial charge is 0.278 e. The van der Waals surface area contributed by atoms with Crippen molar-refractivity contribution in [1.29, 1.82) is 0 Å². The number of aromatic nitrogens is 3. The first-order valence-corrected chi connectivity index (χ1v) is 8.03. The van der Waals surface area contributed by atoms with Crippen LogP contribution in [0.25, 0.3) is 5.69 Å². The van der Waals surface area contributed by atoms with Gasteiger partial charge in [0.05, 0.1) is 6.04 Å². The summed E-state index contributed by atoms with van der Waals surface area (Å²) in [5.41, 5.74) is 5.16. The molecule has 1 aromatic heterocycles. The van der Waals surface area contributed by atoms with Crippen molar-refractivity contribution in [3.63, 3.8) is 0 Å². The Balaban J connectivity index is 2.00. The summed E-state index contributed by atoms with van der Waals surface area (Å²) < 4.78 is 4.49. The van der Waals surface area contributed by atoms with Gasteiger partial charge in [-0.2, -0.15) is 0 Å². The van der Waals surface area contributed by atoms with Gasteiger partial charge in [-0.1, -0.05) is 36.2 Å². The smallest absolute Gasteiger partial charge is 0.231 e. The molecule has 1 aliphatic rings. The van der Waals surface area contributed by atoms with Gasteiger partial charge in [0.1, 0.15) is 5.69 Å². The van der Waals surface area contributed by atoms with Crippen LogP contribution in [-0.4, -0.2) is 9.78 Å². The van der Waals surface area contributed by atoms with Crippen LogP contribution in [0.5, 0.6) is 0 Å². The van der Waals surface area contributed by atoms with Crippen LogP contribution in [0, 0.1) is 26.7 Å². The summed E-state index contributed by atoms with van der Waals surface area (Å²) in [5.74, 6) is 1.97. The Morgan fingerprint density at radius 1 is 1.24 bits per heavy atom. The van der Waals surface area contributed by atoms with Crippen LogP contribution >= 0.6 is 0 Å². The molecule has 112 valence electrons. The van der Waals surface area contributed by atoms with Crippen molar-refractivity contribution < 1.29 is 4.57 Å². The Hall–Kier alpha value is -1.64. The maximum atomic E-state index is 4.85. The lowest BCUT2D eigenvalue weighted by Gasteiger charge is -2.11. The molecule has 3 rings (SSSR count). The summed E-state index contributed by atoms with van der Waals surface area (Å²) in [6.45, 7) is 11.1. The van der Waals surface area contributed by atoms with Crippen LogP contribution in [0.1, 0.15) is 55.2 Å². The lowest BCUT2D eigenvalue weighted by atomic mass is 10.0.